The predicted octanol–water partition coefficient (Wildman–Crippen LogP) is 2.19. The van der Waals surface area contributed by atoms with Crippen LogP contribution in [0.25, 0.3) is 0 Å². The fourth-order valence-corrected chi connectivity index (χ4v) is 0.850. The second-order valence-electron chi connectivity index (χ2n) is 4.22. The van der Waals surface area contributed by atoms with Gasteiger partial charge in [-0.25, -0.2) is 4.79 Å². The Balaban J connectivity index is 3.79. The summed E-state index contributed by atoms with van der Waals surface area (Å²) in [6.45, 7) is 7.91. The molecule has 0 aromatic heterocycles. The first-order chi connectivity index (χ1) is 6.39. The van der Waals surface area contributed by atoms with Crippen LogP contribution in [0.15, 0.2) is 0 Å². The van der Waals surface area contributed by atoms with Gasteiger partial charge in [-0.1, -0.05) is 6.92 Å². The van der Waals surface area contributed by atoms with Crippen LogP contribution in [0.2, 0.25) is 0 Å². The van der Waals surface area contributed by atoms with Crippen molar-refractivity contribution in [3.05, 3.63) is 0 Å². The molecule has 0 heterocycles. The second-order valence-corrected chi connectivity index (χ2v) is 4.22. The molecule has 0 aliphatic carbocycles. The SMILES string of the molecule is CCC(C=N)CNC(=O)OC(C)(C)C. The van der Waals surface area contributed by atoms with Crippen LogP contribution in [0.3, 0.4) is 0 Å². The minimum absolute atomic E-state index is 0.0996. The van der Waals surface area contributed by atoms with Crippen molar-refractivity contribution in [2.45, 2.75) is 39.7 Å². The number of hydrogen-bond acceptors (Lipinski definition) is 3. The second kappa shape index (κ2) is 5.62. The van der Waals surface area contributed by atoms with Crippen LogP contribution in [0.1, 0.15) is 34.1 Å². The first-order valence-electron chi connectivity index (χ1n) is 4.86. The van der Waals surface area contributed by atoms with Gasteiger partial charge in [-0.15, -0.1) is 0 Å². The Labute approximate surface area is 85.5 Å². The van der Waals surface area contributed by atoms with E-state index in [4.69, 9.17) is 10.1 Å². The molecule has 0 aliphatic rings. The molecule has 0 aromatic carbocycles. The molecule has 0 rings (SSSR count). The number of hydrogen-bond donors (Lipinski definition) is 2. The lowest BCUT2D eigenvalue weighted by atomic mass is 10.1. The van der Waals surface area contributed by atoms with Gasteiger partial charge in [0, 0.05) is 18.7 Å². The summed E-state index contributed by atoms with van der Waals surface area (Å²) in [6, 6.07) is 0. The van der Waals surface area contributed by atoms with E-state index >= 15 is 0 Å². The van der Waals surface area contributed by atoms with Crippen molar-refractivity contribution < 1.29 is 9.53 Å². The van der Waals surface area contributed by atoms with Gasteiger partial charge >= 0.3 is 6.09 Å². The Bertz CT molecular complexity index is 197. The molecule has 1 unspecified atom stereocenters. The Morgan fingerprint density at radius 3 is 2.50 bits per heavy atom. The van der Waals surface area contributed by atoms with Crippen LogP contribution < -0.4 is 5.32 Å². The summed E-state index contributed by atoms with van der Waals surface area (Å²) >= 11 is 0. The van der Waals surface area contributed by atoms with E-state index in [0.29, 0.717) is 6.54 Å². The van der Waals surface area contributed by atoms with Crippen LogP contribution >= 0.6 is 0 Å². The molecule has 0 spiro atoms. The van der Waals surface area contributed by atoms with E-state index in [1.54, 1.807) is 0 Å². The van der Waals surface area contributed by atoms with Crippen LogP contribution in [0, 0.1) is 11.3 Å². The van der Waals surface area contributed by atoms with Crippen LogP contribution in [-0.4, -0.2) is 24.5 Å². The standard InChI is InChI=1S/C10H20N2O2/c1-5-8(6-11)7-12-9(13)14-10(2,3)4/h6,8,11H,5,7H2,1-4H3,(H,12,13). The molecule has 1 atom stereocenters. The fraction of sp³-hybridized carbons (Fsp3) is 0.800. The summed E-state index contributed by atoms with van der Waals surface area (Å²) in [5.74, 6) is 0.0996. The predicted molar refractivity (Wildman–Crippen MR) is 56.8 cm³/mol. The third-order valence-electron chi connectivity index (χ3n) is 1.67. The molecule has 0 bridgehead atoms. The van der Waals surface area contributed by atoms with Crippen LogP contribution in [-0.2, 0) is 4.74 Å². The highest BCUT2D eigenvalue weighted by Crippen LogP contribution is 2.06. The number of nitrogens with one attached hydrogen (secondary N) is 2. The number of rotatable bonds is 4. The van der Waals surface area contributed by atoms with E-state index in [0.717, 1.165) is 6.42 Å². The van der Waals surface area contributed by atoms with Crippen molar-refractivity contribution in [2.24, 2.45) is 5.92 Å². The van der Waals surface area contributed by atoms with E-state index in [2.05, 4.69) is 5.32 Å². The summed E-state index contributed by atoms with van der Waals surface area (Å²) in [5, 5.41) is 9.70. The molecule has 14 heavy (non-hydrogen) atoms. The van der Waals surface area contributed by atoms with Gasteiger partial charge in [-0.05, 0) is 27.2 Å². The number of carbonyl (C=O) groups excluding carboxylic acids is 1. The lowest BCUT2D eigenvalue weighted by Crippen LogP contribution is -2.35. The summed E-state index contributed by atoms with van der Waals surface area (Å²) in [7, 11) is 0. The van der Waals surface area contributed by atoms with Gasteiger partial charge < -0.3 is 15.5 Å². The third kappa shape index (κ3) is 6.46. The van der Waals surface area contributed by atoms with Crippen molar-refractivity contribution in [1.29, 1.82) is 5.41 Å². The minimum atomic E-state index is -0.462. The molecular formula is C10H20N2O2. The van der Waals surface area contributed by atoms with Crippen molar-refractivity contribution >= 4 is 12.3 Å². The molecule has 0 aromatic rings. The van der Waals surface area contributed by atoms with Gasteiger partial charge in [0.1, 0.15) is 5.60 Å². The topological polar surface area (TPSA) is 62.2 Å². The van der Waals surface area contributed by atoms with Crippen LogP contribution in [0.5, 0.6) is 0 Å². The van der Waals surface area contributed by atoms with Crippen LogP contribution in [0.4, 0.5) is 4.79 Å². The minimum Gasteiger partial charge on any atom is -0.444 e. The molecule has 4 nitrogen and oxygen atoms in total. The zero-order valence-corrected chi connectivity index (χ0v) is 9.39. The molecule has 82 valence electrons. The van der Waals surface area contributed by atoms with E-state index in [1.165, 1.54) is 6.21 Å². The fourth-order valence-electron chi connectivity index (χ4n) is 0.850. The number of ether oxygens (including phenoxy) is 1. The highest BCUT2D eigenvalue weighted by molar-refractivity contribution is 5.68. The normalized spacial score (nSPS) is 13.1. The Hall–Kier alpha value is -1.06. The molecular weight excluding hydrogens is 180 g/mol. The summed E-state index contributed by atoms with van der Waals surface area (Å²) in [4.78, 5) is 11.2. The van der Waals surface area contributed by atoms with Gasteiger partial charge in [0.15, 0.2) is 0 Å². The molecule has 2 N–H and O–H groups in total. The van der Waals surface area contributed by atoms with Crippen molar-refractivity contribution in [1.82, 2.24) is 5.32 Å². The van der Waals surface area contributed by atoms with Gasteiger partial charge in [-0.2, -0.15) is 0 Å². The Morgan fingerprint density at radius 2 is 2.14 bits per heavy atom. The smallest absolute Gasteiger partial charge is 0.407 e. The average Bonchev–Trinajstić information content (AvgIpc) is 2.03. The quantitative estimate of drug-likeness (QED) is 0.683. The average molecular weight is 200 g/mol. The van der Waals surface area contributed by atoms with Gasteiger partial charge in [0.2, 0.25) is 0 Å². The van der Waals surface area contributed by atoms with E-state index in [-0.39, 0.29) is 5.92 Å². The maximum atomic E-state index is 11.2. The van der Waals surface area contributed by atoms with Crippen molar-refractivity contribution in [3.63, 3.8) is 0 Å². The molecule has 0 radical (unpaired) electrons. The van der Waals surface area contributed by atoms with E-state index < -0.39 is 11.7 Å². The molecule has 0 fully saturated rings. The maximum Gasteiger partial charge on any atom is 0.407 e. The zero-order valence-electron chi connectivity index (χ0n) is 9.39. The Kier molecular flexibility index (Phi) is 5.20. The van der Waals surface area contributed by atoms with Gasteiger partial charge in [-0.3, -0.25) is 0 Å². The van der Waals surface area contributed by atoms with Gasteiger partial charge in [0.25, 0.3) is 0 Å². The number of alkyl carbamates (subject to hydrolysis) is 1. The first kappa shape index (κ1) is 12.9. The molecule has 1 amide bonds. The summed E-state index contributed by atoms with van der Waals surface area (Å²) < 4.78 is 5.05. The maximum absolute atomic E-state index is 11.2. The monoisotopic (exact) mass is 200 g/mol. The molecule has 4 heteroatoms. The highest BCUT2D eigenvalue weighted by Gasteiger charge is 2.16. The number of carbonyl (C=O) groups is 1. The lowest BCUT2D eigenvalue weighted by Gasteiger charge is -2.20. The highest BCUT2D eigenvalue weighted by atomic mass is 16.6. The van der Waals surface area contributed by atoms with Gasteiger partial charge in [0.05, 0.1) is 0 Å². The zero-order chi connectivity index (χ0) is 11.2. The molecule has 0 saturated heterocycles. The third-order valence-corrected chi connectivity index (χ3v) is 1.67. The number of amides is 1. The van der Waals surface area contributed by atoms with E-state index in [1.807, 2.05) is 27.7 Å². The molecule has 0 saturated carbocycles. The lowest BCUT2D eigenvalue weighted by molar-refractivity contribution is 0.0524. The van der Waals surface area contributed by atoms with Crippen molar-refractivity contribution in [2.75, 3.05) is 6.54 Å². The van der Waals surface area contributed by atoms with E-state index in [9.17, 15) is 4.79 Å². The first-order valence-corrected chi connectivity index (χ1v) is 4.86. The Morgan fingerprint density at radius 1 is 1.57 bits per heavy atom. The van der Waals surface area contributed by atoms with Crippen molar-refractivity contribution in [3.8, 4) is 0 Å². The summed E-state index contributed by atoms with van der Waals surface area (Å²) in [6.07, 6.45) is 1.77. The summed E-state index contributed by atoms with van der Waals surface area (Å²) in [5.41, 5.74) is -0.462. The molecule has 0 aliphatic heterocycles. The largest absolute Gasteiger partial charge is 0.444 e.